The van der Waals surface area contributed by atoms with Crippen molar-refractivity contribution in [2.75, 3.05) is 13.2 Å². The first kappa shape index (κ1) is 16.0. The van der Waals surface area contributed by atoms with Crippen LogP contribution in [0.1, 0.15) is 38.3 Å². The highest BCUT2D eigenvalue weighted by Crippen LogP contribution is 2.32. The molecule has 0 aromatic carbocycles. The second-order valence-corrected chi connectivity index (χ2v) is 5.83. The summed E-state index contributed by atoms with van der Waals surface area (Å²) < 4.78 is 6.80. The fourth-order valence-electron chi connectivity index (χ4n) is 2.81. The van der Waals surface area contributed by atoms with Crippen molar-refractivity contribution in [3.05, 3.63) is 18.0 Å². The summed E-state index contributed by atoms with van der Waals surface area (Å²) in [6.07, 6.45) is 4.55. The minimum atomic E-state index is -0.724. The number of hydrogen-bond donors (Lipinski definition) is 2. The van der Waals surface area contributed by atoms with Crippen LogP contribution in [0, 0.1) is 5.92 Å². The Labute approximate surface area is 125 Å². The summed E-state index contributed by atoms with van der Waals surface area (Å²) in [5, 5.41) is 18.1. The van der Waals surface area contributed by atoms with E-state index in [0.717, 1.165) is 5.69 Å². The molecule has 2 N–H and O–H groups in total. The number of nitrogens with one attached hydrogen (secondary N) is 1. The highest BCUT2D eigenvalue weighted by Gasteiger charge is 2.35. The minimum Gasteiger partial charge on any atom is -0.466 e. The number of aliphatic hydroxyl groups is 1. The third-order valence-electron chi connectivity index (χ3n) is 4.07. The molecule has 1 heterocycles. The summed E-state index contributed by atoms with van der Waals surface area (Å²) >= 11 is 0. The van der Waals surface area contributed by atoms with Gasteiger partial charge in [0.2, 0.25) is 0 Å². The third-order valence-corrected chi connectivity index (χ3v) is 4.07. The lowest BCUT2D eigenvalue weighted by molar-refractivity contribution is -0.151. The zero-order valence-electron chi connectivity index (χ0n) is 12.8. The summed E-state index contributed by atoms with van der Waals surface area (Å²) in [6.45, 7) is 3.41. The Balaban J connectivity index is 1.73. The van der Waals surface area contributed by atoms with Crippen LogP contribution in [0.25, 0.3) is 0 Å². The lowest BCUT2D eigenvalue weighted by Gasteiger charge is -2.35. The Kier molecular flexibility index (Phi) is 5.36. The van der Waals surface area contributed by atoms with Gasteiger partial charge in [0.1, 0.15) is 0 Å². The van der Waals surface area contributed by atoms with Gasteiger partial charge in [-0.05, 0) is 38.7 Å². The van der Waals surface area contributed by atoms with Gasteiger partial charge in [-0.25, -0.2) is 0 Å². The Morgan fingerprint density at radius 1 is 1.57 bits per heavy atom. The third kappa shape index (κ3) is 4.54. The molecule has 1 aromatic heterocycles. The number of aryl methyl sites for hydroxylation is 1. The van der Waals surface area contributed by atoms with Crippen molar-refractivity contribution in [1.29, 1.82) is 0 Å². The van der Waals surface area contributed by atoms with E-state index in [4.69, 9.17) is 4.74 Å². The lowest BCUT2D eigenvalue weighted by atomic mass is 9.79. The second kappa shape index (κ2) is 7.04. The predicted molar refractivity (Wildman–Crippen MR) is 78.5 cm³/mol. The maximum Gasteiger partial charge on any atom is 0.308 e. The Morgan fingerprint density at radius 2 is 2.29 bits per heavy atom. The molecule has 0 saturated heterocycles. The van der Waals surface area contributed by atoms with Gasteiger partial charge in [0.25, 0.3) is 0 Å². The summed E-state index contributed by atoms with van der Waals surface area (Å²) in [5.74, 6) is -0.179. The Bertz CT molecular complexity index is 464. The zero-order chi connectivity index (χ0) is 15.3. The van der Waals surface area contributed by atoms with Crippen LogP contribution in [0.3, 0.4) is 0 Å². The highest BCUT2D eigenvalue weighted by molar-refractivity contribution is 5.72. The van der Waals surface area contributed by atoms with Crippen molar-refractivity contribution >= 4 is 5.97 Å². The van der Waals surface area contributed by atoms with E-state index in [0.29, 0.717) is 45.4 Å². The van der Waals surface area contributed by atoms with Crippen LogP contribution in [0.4, 0.5) is 0 Å². The van der Waals surface area contributed by atoms with Gasteiger partial charge in [-0.3, -0.25) is 9.48 Å². The molecular weight excluding hydrogens is 270 g/mol. The summed E-state index contributed by atoms with van der Waals surface area (Å²) in [4.78, 5) is 11.7. The normalized spacial score (nSPS) is 25.8. The quantitative estimate of drug-likeness (QED) is 0.766. The van der Waals surface area contributed by atoms with Crippen LogP contribution in [0.15, 0.2) is 12.3 Å². The fourth-order valence-corrected chi connectivity index (χ4v) is 2.81. The average Bonchev–Trinajstić information content (AvgIpc) is 2.85. The fraction of sp³-hybridized carbons (Fsp3) is 0.733. The van der Waals surface area contributed by atoms with E-state index in [9.17, 15) is 9.90 Å². The highest BCUT2D eigenvalue weighted by atomic mass is 16.5. The van der Waals surface area contributed by atoms with E-state index in [1.807, 2.05) is 26.2 Å². The summed E-state index contributed by atoms with van der Waals surface area (Å²) in [6, 6.07) is 1.95. The first-order valence-electron chi connectivity index (χ1n) is 7.61. The average molecular weight is 295 g/mol. The molecule has 0 bridgehead atoms. The second-order valence-electron chi connectivity index (χ2n) is 5.83. The maximum absolute atomic E-state index is 11.7. The molecule has 0 amide bonds. The van der Waals surface area contributed by atoms with Gasteiger partial charge in [-0.15, -0.1) is 0 Å². The van der Waals surface area contributed by atoms with E-state index in [1.165, 1.54) is 0 Å². The van der Waals surface area contributed by atoms with Gasteiger partial charge in [-0.2, -0.15) is 5.10 Å². The molecule has 6 nitrogen and oxygen atoms in total. The molecule has 0 atom stereocenters. The van der Waals surface area contributed by atoms with Crippen molar-refractivity contribution in [2.45, 2.75) is 44.8 Å². The Hall–Kier alpha value is -1.40. The van der Waals surface area contributed by atoms with Gasteiger partial charge in [-0.1, -0.05) is 0 Å². The zero-order valence-corrected chi connectivity index (χ0v) is 12.8. The van der Waals surface area contributed by atoms with Gasteiger partial charge in [0, 0.05) is 26.3 Å². The van der Waals surface area contributed by atoms with Gasteiger partial charge >= 0.3 is 5.97 Å². The molecule has 0 aliphatic heterocycles. The van der Waals surface area contributed by atoms with Crippen LogP contribution in [0.5, 0.6) is 0 Å². The van der Waals surface area contributed by atoms with Crippen LogP contribution in [0.2, 0.25) is 0 Å². The standard InChI is InChI=1S/C15H25N3O3/c1-3-21-14(19)12-4-7-15(20,8-5-12)11-16-10-13-6-9-18(2)17-13/h6,9,12,16,20H,3-5,7-8,10-11H2,1-2H3. The number of nitrogens with zero attached hydrogens (tertiary/aromatic N) is 2. The largest absolute Gasteiger partial charge is 0.466 e. The SMILES string of the molecule is CCOC(=O)C1CCC(O)(CNCc2ccn(C)n2)CC1. The molecule has 1 fully saturated rings. The first-order valence-corrected chi connectivity index (χ1v) is 7.61. The monoisotopic (exact) mass is 295 g/mol. The molecular formula is C15H25N3O3. The molecule has 6 heteroatoms. The van der Waals surface area contributed by atoms with Crippen LogP contribution < -0.4 is 5.32 Å². The lowest BCUT2D eigenvalue weighted by Crippen LogP contribution is -2.44. The van der Waals surface area contributed by atoms with E-state index in [2.05, 4.69) is 10.4 Å². The topological polar surface area (TPSA) is 76.4 Å². The van der Waals surface area contributed by atoms with Gasteiger partial charge in [0.15, 0.2) is 0 Å². The molecule has 1 aliphatic carbocycles. The molecule has 21 heavy (non-hydrogen) atoms. The summed E-state index contributed by atoms with van der Waals surface area (Å²) in [7, 11) is 1.88. The van der Waals surface area contributed by atoms with Crippen LogP contribution >= 0.6 is 0 Å². The number of aromatic nitrogens is 2. The number of ether oxygens (including phenoxy) is 1. The van der Waals surface area contributed by atoms with Gasteiger partial charge < -0.3 is 15.2 Å². The van der Waals surface area contributed by atoms with E-state index in [1.54, 1.807) is 4.68 Å². The number of carbonyl (C=O) groups excluding carboxylic acids is 1. The summed E-state index contributed by atoms with van der Waals surface area (Å²) in [5.41, 5.74) is 0.235. The van der Waals surface area contributed by atoms with Crippen molar-refractivity contribution < 1.29 is 14.6 Å². The number of hydrogen-bond acceptors (Lipinski definition) is 5. The number of esters is 1. The molecule has 0 radical (unpaired) electrons. The first-order chi connectivity index (χ1) is 10.0. The molecule has 0 spiro atoms. The van der Waals surface area contributed by atoms with Crippen LogP contribution in [-0.4, -0.2) is 39.6 Å². The number of carbonyl (C=O) groups is 1. The molecule has 1 aromatic rings. The minimum absolute atomic E-state index is 0.0546. The molecule has 0 unspecified atom stereocenters. The van der Waals surface area contributed by atoms with E-state index in [-0.39, 0.29) is 11.9 Å². The smallest absolute Gasteiger partial charge is 0.308 e. The van der Waals surface area contributed by atoms with Crippen molar-refractivity contribution in [2.24, 2.45) is 13.0 Å². The predicted octanol–water partition coefficient (Wildman–Crippen LogP) is 0.994. The van der Waals surface area contributed by atoms with E-state index < -0.39 is 5.60 Å². The van der Waals surface area contributed by atoms with Crippen molar-refractivity contribution in [3.8, 4) is 0 Å². The van der Waals surface area contributed by atoms with E-state index >= 15 is 0 Å². The maximum atomic E-state index is 11.7. The van der Waals surface area contributed by atoms with Gasteiger partial charge in [0.05, 0.1) is 23.8 Å². The molecule has 2 rings (SSSR count). The van der Waals surface area contributed by atoms with Crippen molar-refractivity contribution in [1.82, 2.24) is 15.1 Å². The molecule has 1 aliphatic rings. The number of rotatable bonds is 6. The Morgan fingerprint density at radius 3 is 2.86 bits per heavy atom. The molecule has 118 valence electrons. The van der Waals surface area contributed by atoms with Crippen molar-refractivity contribution in [3.63, 3.8) is 0 Å². The van der Waals surface area contributed by atoms with Crippen LogP contribution in [-0.2, 0) is 23.1 Å². The molecule has 1 saturated carbocycles.